The third-order valence-electron chi connectivity index (χ3n) is 2.51. The molecule has 0 aliphatic carbocycles. The first kappa shape index (κ1) is 13.3. The summed E-state index contributed by atoms with van der Waals surface area (Å²) in [6.45, 7) is 7.34. The SMILES string of the molecule is CC(C)(C)CCNc1nc(N)nc(-n2cccn2)n1. The van der Waals surface area contributed by atoms with E-state index in [-0.39, 0.29) is 11.4 Å². The van der Waals surface area contributed by atoms with Crippen molar-refractivity contribution in [2.75, 3.05) is 17.6 Å². The van der Waals surface area contributed by atoms with Gasteiger partial charge in [-0.2, -0.15) is 20.1 Å². The number of nitrogen functional groups attached to an aromatic ring is 1. The fourth-order valence-corrected chi connectivity index (χ4v) is 1.50. The lowest BCUT2D eigenvalue weighted by Gasteiger charge is -2.18. The van der Waals surface area contributed by atoms with Crippen molar-refractivity contribution >= 4 is 11.9 Å². The van der Waals surface area contributed by atoms with Crippen molar-refractivity contribution in [2.45, 2.75) is 27.2 Å². The average molecular weight is 261 g/mol. The molecule has 0 fully saturated rings. The Bertz CT molecular complexity index is 528. The molecule has 0 saturated heterocycles. The van der Waals surface area contributed by atoms with Crippen LogP contribution in [0.3, 0.4) is 0 Å². The molecule has 2 aromatic rings. The molecule has 3 N–H and O–H groups in total. The maximum absolute atomic E-state index is 5.68. The van der Waals surface area contributed by atoms with Gasteiger partial charge in [-0.3, -0.25) is 0 Å². The molecule has 0 radical (unpaired) electrons. The lowest BCUT2D eigenvalue weighted by Crippen LogP contribution is -2.16. The lowest BCUT2D eigenvalue weighted by atomic mass is 9.92. The first-order valence-corrected chi connectivity index (χ1v) is 6.19. The van der Waals surface area contributed by atoms with Gasteiger partial charge in [0.1, 0.15) is 0 Å². The monoisotopic (exact) mass is 261 g/mol. The summed E-state index contributed by atoms with van der Waals surface area (Å²) >= 11 is 0. The van der Waals surface area contributed by atoms with Gasteiger partial charge in [0.05, 0.1) is 0 Å². The summed E-state index contributed by atoms with van der Waals surface area (Å²) in [4.78, 5) is 12.4. The van der Waals surface area contributed by atoms with Crippen LogP contribution in [0.15, 0.2) is 18.5 Å². The molecule has 0 aromatic carbocycles. The number of nitrogens with zero attached hydrogens (tertiary/aromatic N) is 5. The highest BCUT2D eigenvalue weighted by atomic mass is 15.4. The van der Waals surface area contributed by atoms with E-state index >= 15 is 0 Å². The Labute approximate surface area is 112 Å². The van der Waals surface area contributed by atoms with Crippen LogP contribution in [0.4, 0.5) is 11.9 Å². The van der Waals surface area contributed by atoms with Crippen LogP contribution >= 0.6 is 0 Å². The molecule has 19 heavy (non-hydrogen) atoms. The van der Waals surface area contributed by atoms with E-state index in [4.69, 9.17) is 5.73 Å². The van der Waals surface area contributed by atoms with Crippen molar-refractivity contribution in [3.05, 3.63) is 18.5 Å². The molecule has 0 aliphatic rings. The first-order chi connectivity index (χ1) is 8.94. The van der Waals surface area contributed by atoms with Crippen molar-refractivity contribution in [1.29, 1.82) is 0 Å². The van der Waals surface area contributed by atoms with E-state index in [1.165, 1.54) is 0 Å². The molecule has 2 rings (SSSR count). The van der Waals surface area contributed by atoms with Gasteiger partial charge in [-0.25, -0.2) is 4.68 Å². The Morgan fingerprint density at radius 1 is 1.26 bits per heavy atom. The van der Waals surface area contributed by atoms with E-state index in [1.807, 2.05) is 0 Å². The molecule has 0 spiro atoms. The summed E-state index contributed by atoms with van der Waals surface area (Å²) in [5.74, 6) is 1.07. The van der Waals surface area contributed by atoms with Crippen LogP contribution in [0.1, 0.15) is 27.2 Å². The highest BCUT2D eigenvalue weighted by molar-refractivity contribution is 5.34. The van der Waals surface area contributed by atoms with E-state index in [0.29, 0.717) is 11.9 Å². The zero-order chi connectivity index (χ0) is 13.9. The van der Waals surface area contributed by atoms with Gasteiger partial charge in [0.15, 0.2) is 0 Å². The molecule has 0 unspecified atom stereocenters. The molecular weight excluding hydrogens is 242 g/mol. The summed E-state index contributed by atoms with van der Waals surface area (Å²) < 4.78 is 1.55. The number of anilines is 2. The normalized spacial score (nSPS) is 11.5. The molecule has 102 valence electrons. The molecular formula is C12H19N7. The van der Waals surface area contributed by atoms with Gasteiger partial charge in [-0.15, -0.1) is 0 Å². The van der Waals surface area contributed by atoms with E-state index in [2.05, 4.69) is 46.1 Å². The van der Waals surface area contributed by atoms with E-state index in [9.17, 15) is 0 Å². The number of hydrogen-bond acceptors (Lipinski definition) is 6. The molecule has 7 nitrogen and oxygen atoms in total. The Morgan fingerprint density at radius 3 is 2.68 bits per heavy atom. The van der Waals surface area contributed by atoms with Crippen molar-refractivity contribution in [2.24, 2.45) is 5.41 Å². The Balaban J connectivity index is 2.09. The highest BCUT2D eigenvalue weighted by Gasteiger charge is 2.11. The van der Waals surface area contributed by atoms with Gasteiger partial charge in [0.25, 0.3) is 5.95 Å². The van der Waals surface area contributed by atoms with Crippen molar-refractivity contribution in [3.63, 3.8) is 0 Å². The molecule has 0 amide bonds. The van der Waals surface area contributed by atoms with Gasteiger partial charge < -0.3 is 11.1 Å². The van der Waals surface area contributed by atoms with E-state index < -0.39 is 0 Å². The smallest absolute Gasteiger partial charge is 0.257 e. The summed E-state index contributed by atoms with van der Waals surface area (Å²) in [5, 5.41) is 7.23. The lowest BCUT2D eigenvalue weighted by molar-refractivity contribution is 0.389. The van der Waals surface area contributed by atoms with Gasteiger partial charge >= 0.3 is 0 Å². The standard InChI is InChI=1S/C12H19N7/c1-12(2,3)5-7-14-10-16-9(13)17-11(18-10)19-8-4-6-15-19/h4,6,8H,5,7H2,1-3H3,(H3,13,14,16,17,18). The van der Waals surface area contributed by atoms with Crippen molar-refractivity contribution in [3.8, 4) is 5.95 Å². The number of hydrogen-bond donors (Lipinski definition) is 2. The minimum atomic E-state index is 0.179. The van der Waals surface area contributed by atoms with Gasteiger partial charge in [-0.05, 0) is 17.9 Å². The fourth-order valence-electron chi connectivity index (χ4n) is 1.50. The third kappa shape index (κ3) is 3.90. The summed E-state index contributed by atoms with van der Waals surface area (Å²) in [7, 11) is 0. The van der Waals surface area contributed by atoms with Crippen LogP contribution in [-0.2, 0) is 0 Å². The minimum Gasteiger partial charge on any atom is -0.368 e. The fraction of sp³-hybridized carbons (Fsp3) is 0.500. The largest absolute Gasteiger partial charge is 0.368 e. The van der Waals surface area contributed by atoms with Crippen LogP contribution < -0.4 is 11.1 Å². The number of nitrogens with one attached hydrogen (secondary N) is 1. The Hall–Kier alpha value is -2.18. The quantitative estimate of drug-likeness (QED) is 0.865. The third-order valence-corrected chi connectivity index (χ3v) is 2.51. The average Bonchev–Trinajstić information content (AvgIpc) is 2.79. The topological polar surface area (TPSA) is 94.5 Å². The molecule has 2 heterocycles. The molecule has 0 atom stereocenters. The van der Waals surface area contributed by atoms with Gasteiger partial charge in [-0.1, -0.05) is 20.8 Å². The summed E-state index contributed by atoms with van der Waals surface area (Å²) in [6.07, 6.45) is 4.43. The second-order valence-corrected chi connectivity index (χ2v) is 5.51. The van der Waals surface area contributed by atoms with E-state index in [1.54, 1.807) is 23.1 Å². The second kappa shape index (κ2) is 5.21. The second-order valence-electron chi connectivity index (χ2n) is 5.51. The number of nitrogens with two attached hydrogens (primary N) is 1. The van der Waals surface area contributed by atoms with Crippen LogP contribution in [0.5, 0.6) is 0 Å². The number of rotatable bonds is 4. The highest BCUT2D eigenvalue weighted by Crippen LogP contribution is 2.18. The first-order valence-electron chi connectivity index (χ1n) is 6.19. The zero-order valence-electron chi connectivity index (χ0n) is 11.5. The predicted molar refractivity (Wildman–Crippen MR) is 73.9 cm³/mol. The minimum absolute atomic E-state index is 0.179. The van der Waals surface area contributed by atoms with Crippen molar-refractivity contribution < 1.29 is 0 Å². The molecule has 0 bridgehead atoms. The summed E-state index contributed by atoms with van der Waals surface area (Å²) in [6, 6.07) is 1.80. The van der Waals surface area contributed by atoms with Gasteiger partial charge in [0.2, 0.25) is 11.9 Å². The molecule has 2 aromatic heterocycles. The van der Waals surface area contributed by atoms with Crippen LogP contribution in [0, 0.1) is 5.41 Å². The zero-order valence-corrected chi connectivity index (χ0v) is 11.5. The molecule has 0 saturated carbocycles. The van der Waals surface area contributed by atoms with E-state index in [0.717, 1.165) is 13.0 Å². The van der Waals surface area contributed by atoms with Crippen molar-refractivity contribution in [1.82, 2.24) is 24.7 Å². The predicted octanol–water partition coefficient (Wildman–Crippen LogP) is 1.49. The maximum Gasteiger partial charge on any atom is 0.257 e. The molecule has 0 aliphatic heterocycles. The van der Waals surface area contributed by atoms with Crippen LogP contribution in [0.25, 0.3) is 5.95 Å². The summed E-state index contributed by atoms with van der Waals surface area (Å²) in [5.41, 5.74) is 5.94. The van der Waals surface area contributed by atoms with Gasteiger partial charge in [0, 0.05) is 18.9 Å². The van der Waals surface area contributed by atoms with Crippen LogP contribution in [0.2, 0.25) is 0 Å². The molecule has 7 heteroatoms. The van der Waals surface area contributed by atoms with Crippen LogP contribution in [-0.4, -0.2) is 31.3 Å². The number of aromatic nitrogens is 5. The Morgan fingerprint density at radius 2 is 2.05 bits per heavy atom. The maximum atomic E-state index is 5.68. The Kier molecular flexibility index (Phi) is 3.64.